The van der Waals surface area contributed by atoms with E-state index in [0.717, 1.165) is 25.2 Å². The zero-order valence-electron chi connectivity index (χ0n) is 10.6. The largest absolute Gasteiger partial charge is 0.497 e. The highest BCUT2D eigenvalue weighted by Gasteiger charge is 2.14. The molecule has 6 heteroatoms. The summed E-state index contributed by atoms with van der Waals surface area (Å²) in [5.41, 5.74) is 0.182. The maximum absolute atomic E-state index is 13.6. The Kier molecular flexibility index (Phi) is 4.09. The molecule has 1 aliphatic heterocycles. The minimum atomic E-state index is -3.33. The van der Waals surface area contributed by atoms with Crippen LogP contribution in [-0.4, -0.2) is 27.3 Å². The smallest absolute Gasteiger partial charge is 0.175 e. The van der Waals surface area contributed by atoms with Crippen molar-refractivity contribution in [2.24, 2.45) is 0 Å². The molecule has 19 heavy (non-hydrogen) atoms. The Hall–Kier alpha value is -1.56. The number of hydrogen-bond acceptors (Lipinski definition) is 4. The van der Waals surface area contributed by atoms with Crippen molar-refractivity contribution in [2.75, 3.05) is 18.1 Å². The number of benzene rings is 1. The van der Waals surface area contributed by atoms with Gasteiger partial charge < -0.3 is 10.1 Å². The lowest BCUT2D eigenvalue weighted by Crippen LogP contribution is -2.23. The number of nitrogens with one attached hydrogen (secondary N) is 1. The van der Waals surface area contributed by atoms with Crippen molar-refractivity contribution in [1.82, 2.24) is 0 Å². The third-order valence-corrected chi connectivity index (χ3v) is 4.02. The van der Waals surface area contributed by atoms with Gasteiger partial charge in [-0.3, -0.25) is 0 Å². The van der Waals surface area contributed by atoms with Crippen LogP contribution in [0.25, 0.3) is 0 Å². The maximum atomic E-state index is 13.6. The zero-order valence-corrected chi connectivity index (χ0v) is 11.4. The zero-order chi connectivity index (χ0) is 13.9. The molecule has 0 spiro atoms. The summed E-state index contributed by atoms with van der Waals surface area (Å²) in [4.78, 5) is 0.0980. The van der Waals surface area contributed by atoms with Crippen molar-refractivity contribution in [3.05, 3.63) is 36.4 Å². The summed E-state index contributed by atoms with van der Waals surface area (Å²) in [6.07, 6.45) is 6.43. The number of sulfone groups is 1. The van der Waals surface area contributed by atoms with Gasteiger partial charge in [-0.25, -0.2) is 12.8 Å². The molecule has 0 radical (unpaired) electrons. The van der Waals surface area contributed by atoms with Crippen molar-refractivity contribution in [3.8, 4) is 0 Å². The van der Waals surface area contributed by atoms with Crippen LogP contribution in [0.5, 0.6) is 0 Å². The second-order valence-corrected chi connectivity index (χ2v) is 6.52. The molecule has 1 aliphatic rings. The third-order valence-electron chi connectivity index (χ3n) is 2.91. The first-order valence-electron chi connectivity index (χ1n) is 6.01. The van der Waals surface area contributed by atoms with Crippen LogP contribution in [0.1, 0.15) is 12.8 Å². The van der Waals surface area contributed by atoms with Gasteiger partial charge in [0, 0.05) is 6.26 Å². The Bertz CT molecular complexity index is 584. The van der Waals surface area contributed by atoms with Crippen molar-refractivity contribution in [2.45, 2.75) is 23.8 Å². The summed E-state index contributed by atoms with van der Waals surface area (Å²) in [7, 11) is -3.33. The lowest BCUT2D eigenvalue weighted by molar-refractivity contribution is 0.135. The van der Waals surface area contributed by atoms with Crippen LogP contribution >= 0.6 is 0 Å². The van der Waals surface area contributed by atoms with Gasteiger partial charge in [0.1, 0.15) is 11.9 Å². The van der Waals surface area contributed by atoms with E-state index in [4.69, 9.17) is 4.74 Å². The molecule has 0 fully saturated rings. The number of hydrogen-bond donors (Lipinski definition) is 1. The first-order valence-corrected chi connectivity index (χ1v) is 7.90. The van der Waals surface area contributed by atoms with Crippen LogP contribution < -0.4 is 5.32 Å². The Morgan fingerprint density at radius 1 is 1.47 bits per heavy atom. The molecule has 1 N–H and O–H groups in total. The maximum Gasteiger partial charge on any atom is 0.175 e. The topological polar surface area (TPSA) is 55.4 Å². The van der Waals surface area contributed by atoms with Crippen molar-refractivity contribution >= 4 is 15.5 Å². The highest BCUT2D eigenvalue weighted by molar-refractivity contribution is 7.90. The molecule has 0 aromatic heterocycles. The Balaban J connectivity index is 2.09. The summed E-state index contributed by atoms with van der Waals surface area (Å²) in [5.74, 6) is -0.473. The fraction of sp³-hybridized carbons (Fsp3) is 0.385. The standard InChI is InChI=1S/C13H16FNO3S/c1-19(16,17)11-5-6-12(14)13(8-11)15-9-10-4-2-3-7-18-10/h3,5-8,10,15H,2,4,9H2,1H3. The molecule has 2 rings (SSSR count). The van der Waals surface area contributed by atoms with E-state index in [9.17, 15) is 12.8 Å². The van der Waals surface area contributed by atoms with Crippen LogP contribution in [0.3, 0.4) is 0 Å². The van der Waals surface area contributed by atoms with E-state index in [1.54, 1.807) is 6.26 Å². The second kappa shape index (κ2) is 5.61. The van der Waals surface area contributed by atoms with Gasteiger partial charge in [0.15, 0.2) is 9.84 Å². The first-order chi connectivity index (χ1) is 8.97. The molecule has 0 saturated heterocycles. The van der Waals surface area contributed by atoms with Gasteiger partial charge in [0.05, 0.1) is 23.4 Å². The molecule has 0 amide bonds. The van der Waals surface area contributed by atoms with Crippen LogP contribution in [0.2, 0.25) is 0 Å². The molecular formula is C13H16FNO3S. The molecule has 1 heterocycles. The van der Waals surface area contributed by atoms with Crippen LogP contribution in [0, 0.1) is 5.82 Å². The molecule has 104 valence electrons. The van der Waals surface area contributed by atoms with Crippen LogP contribution in [0.15, 0.2) is 35.4 Å². The molecule has 4 nitrogen and oxygen atoms in total. The first kappa shape index (κ1) is 13.9. The molecule has 0 saturated carbocycles. The molecule has 0 aliphatic carbocycles. The summed E-state index contributed by atoms with van der Waals surface area (Å²) in [6, 6.07) is 3.72. The summed E-state index contributed by atoms with van der Waals surface area (Å²) < 4.78 is 41.8. The molecule has 1 aromatic carbocycles. The minimum absolute atomic E-state index is 0.0220. The Morgan fingerprint density at radius 3 is 2.89 bits per heavy atom. The van der Waals surface area contributed by atoms with E-state index >= 15 is 0 Å². The van der Waals surface area contributed by atoms with Gasteiger partial charge in [-0.2, -0.15) is 0 Å². The minimum Gasteiger partial charge on any atom is -0.497 e. The fourth-order valence-corrected chi connectivity index (χ4v) is 2.48. The van der Waals surface area contributed by atoms with E-state index in [-0.39, 0.29) is 16.7 Å². The highest BCUT2D eigenvalue weighted by Crippen LogP contribution is 2.20. The summed E-state index contributed by atoms with van der Waals surface area (Å²) in [5, 5.41) is 2.90. The molecule has 1 atom stereocenters. The lowest BCUT2D eigenvalue weighted by atomic mass is 10.1. The second-order valence-electron chi connectivity index (χ2n) is 4.50. The van der Waals surface area contributed by atoms with E-state index < -0.39 is 15.7 Å². The molecule has 1 aromatic rings. The van der Waals surface area contributed by atoms with Crippen LogP contribution in [0.4, 0.5) is 10.1 Å². The van der Waals surface area contributed by atoms with Crippen molar-refractivity contribution < 1.29 is 17.5 Å². The van der Waals surface area contributed by atoms with Crippen LogP contribution in [-0.2, 0) is 14.6 Å². The van der Waals surface area contributed by atoms with Gasteiger partial charge in [-0.05, 0) is 37.1 Å². The van der Waals surface area contributed by atoms with E-state index in [1.165, 1.54) is 12.1 Å². The van der Waals surface area contributed by atoms with E-state index in [2.05, 4.69) is 5.32 Å². The normalized spacial score (nSPS) is 18.9. The SMILES string of the molecule is CS(=O)(=O)c1ccc(F)c(NCC2CCC=CO2)c1. The highest BCUT2D eigenvalue weighted by atomic mass is 32.2. The number of halogens is 1. The third kappa shape index (κ3) is 3.70. The number of anilines is 1. The average Bonchev–Trinajstić information content (AvgIpc) is 2.37. The predicted molar refractivity (Wildman–Crippen MR) is 71.2 cm³/mol. The number of ether oxygens (including phenoxy) is 1. The van der Waals surface area contributed by atoms with Crippen molar-refractivity contribution in [1.29, 1.82) is 0 Å². The quantitative estimate of drug-likeness (QED) is 0.863. The van der Waals surface area contributed by atoms with Gasteiger partial charge in [-0.15, -0.1) is 0 Å². The number of rotatable bonds is 4. The molecule has 1 unspecified atom stereocenters. The van der Waals surface area contributed by atoms with E-state index in [0.29, 0.717) is 6.54 Å². The monoisotopic (exact) mass is 285 g/mol. The van der Waals surface area contributed by atoms with Gasteiger partial charge in [0.2, 0.25) is 0 Å². The molecule has 0 bridgehead atoms. The molecular weight excluding hydrogens is 269 g/mol. The fourth-order valence-electron chi connectivity index (χ4n) is 1.83. The Labute approximate surface area is 112 Å². The lowest BCUT2D eigenvalue weighted by Gasteiger charge is -2.20. The average molecular weight is 285 g/mol. The number of allylic oxidation sites excluding steroid dienone is 1. The van der Waals surface area contributed by atoms with Gasteiger partial charge in [0.25, 0.3) is 0 Å². The Morgan fingerprint density at radius 2 is 2.26 bits per heavy atom. The van der Waals surface area contributed by atoms with Gasteiger partial charge in [-0.1, -0.05) is 0 Å². The summed E-state index contributed by atoms with van der Waals surface area (Å²) in [6.45, 7) is 0.439. The van der Waals surface area contributed by atoms with E-state index in [1.807, 2.05) is 6.08 Å². The predicted octanol–water partition coefficient (Wildman–Crippen LogP) is 2.33. The summed E-state index contributed by atoms with van der Waals surface area (Å²) >= 11 is 0. The van der Waals surface area contributed by atoms with Crippen molar-refractivity contribution in [3.63, 3.8) is 0 Å². The van der Waals surface area contributed by atoms with Gasteiger partial charge >= 0.3 is 0 Å².